The summed E-state index contributed by atoms with van der Waals surface area (Å²) in [6, 6.07) is 10.5. The Morgan fingerprint density at radius 3 is 2.35 bits per heavy atom. The van der Waals surface area contributed by atoms with E-state index in [4.69, 9.17) is 27.9 Å². The van der Waals surface area contributed by atoms with Crippen molar-refractivity contribution in [3.05, 3.63) is 58.1 Å². The molecule has 8 nitrogen and oxygen atoms in total. The number of rotatable bonds is 11. The van der Waals surface area contributed by atoms with Gasteiger partial charge in [-0.05, 0) is 43.2 Å². The van der Waals surface area contributed by atoms with Crippen LogP contribution in [0.1, 0.15) is 25.8 Å². The summed E-state index contributed by atoms with van der Waals surface area (Å²) in [5.41, 5.74) is 0.793. The number of anilines is 1. The van der Waals surface area contributed by atoms with E-state index in [0.717, 1.165) is 10.6 Å². The molecule has 0 radical (unpaired) electrons. The first-order chi connectivity index (χ1) is 16.0. The number of amides is 2. The summed E-state index contributed by atoms with van der Waals surface area (Å²) in [7, 11) is -2.45. The molecule has 0 bridgehead atoms. The molecule has 0 aliphatic rings. The van der Waals surface area contributed by atoms with Gasteiger partial charge in [0.1, 0.15) is 18.3 Å². The number of carbonyl (C=O) groups is 2. The van der Waals surface area contributed by atoms with Crippen LogP contribution in [0.15, 0.2) is 42.5 Å². The van der Waals surface area contributed by atoms with Crippen LogP contribution < -0.4 is 14.4 Å². The normalized spacial score (nSPS) is 12.1. The lowest BCUT2D eigenvalue weighted by Crippen LogP contribution is -2.52. The molecule has 0 aliphatic carbocycles. The largest absolute Gasteiger partial charge is 0.495 e. The molecule has 1 atom stereocenters. The summed E-state index contributed by atoms with van der Waals surface area (Å²) < 4.78 is 31.6. The van der Waals surface area contributed by atoms with Crippen molar-refractivity contribution >= 4 is 50.7 Å². The van der Waals surface area contributed by atoms with E-state index in [-0.39, 0.29) is 18.1 Å². The number of ether oxygens (including phenoxy) is 1. The average Bonchev–Trinajstić information content (AvgIpc) is 2.78. The lowest BCUT2D eigenvalue weighted by atomic mass is 10.1. The number of sulfonamides is 1. The third-order valence-corrected chi connectivity index (χ3v) is 6.84. The number of hydrogen-bond acceptors (Lipinski definition) is 5. The first kappa shape index (κ1) is 27.8. The third kappa shape index (κ3) is 7.01. The number of carbonyl (C=O) groups excluding carboxylic acids is 2. The summed E-state index contributed by atoms with van der Waals surface area (Å²) in [4.78, 5) is 27.7. The summed E-state index contributed by atoms with van der Waals surface area (Å²) >= 11 is 12.3. The Balaban J connectivity index is 2.50. The van der Waals surface area contributed by atoms with Gasteiger partial charge in [0.15, 0.2) is 0 Å². The van der Waals surface area contributed by atoms with Gasteiger partial charge in [-0.25, -0.2) is 8.42 Å². The van der Waals surface area contributed by atoms with E-state index in [1.165, 1.54) is 12.0 Å². The van der Waals surface area contributed by atoms with Gasteiger partial charge in [0.25, 0.3) is 0 Å². The SMILES string of the molecule is CCNC(=O)C(CC)N(Cc1ccc(Cl)cc1Cl)C(=O)CN(c1ccccc1OC)S(C)(=O)=O. The molecule has 2 aromatic rings. The van der Waals surface area contributed by atoms with Crippen molar-refractivity contribution < 1.29 is 22.7 Å². The topological polar surface area (TPSA) is 96.0 Å². The summed E-state index contributed by atoms with van der Waals surface area (Å²) in [6.45, 7) is 3.40. The molecule has 186 valence electrons. The van der Waals surface area contributed by atoms with Crippen LogP contribution in [-0.2, 0) is 26.2 Å². The second-order valence-electron chi connectivity index (χ2n) is 7.52. The zero-order valence-corrected chi connectivity index (χ0v) is 21.9. The smallest absolute Gasteiger partial charge is 0.244 e. The number of hydrogen-bond donors (Lipinski definition) is 1. The molecule has 2 rings (SSSR count). The zero-order chi connectivity index (χ0) is 25.5. The molecule has 0 fully saturated rings. The molecule has 0 aliphatic heterocycles. The van der Waals surface area contributed by atoms with Gasteiger partial charge in [0.05, 0.1) is 19.1 Å². The predicted octanol–water partition coefficient (Wildman–Crippen LogP) is 3.71. The molecule has 1 unspecified atom stereocenters. The molecule has 1 N–H and O–H groups in total. The Labute approximate surface area is 210 Å². The molecular formula is C23H29Cl2N3O5S. The summed E-state index contributed by atoms with van der Waals surface area (Å²) in [6.07, 6.45) is 1.32. The standard InChI is InChI=1S/C23H29Cl2N3O5S/c1-5-19(23(30)26-6-2)27(14-16-11-12-17(24)13-18(16)25)22(29)15-28(34(4,31)32)20-9-7-8-10-21(20)33-3/h7-13,19H,5-6,14-15H2,1-4H3,(H,26,30). The number of benzene rings is 2. The molecule has 0 heterocycles. The number of nitrogens with zero attached hydrogens (tertiary/aromatic N) is 2. The highest BCUT2D eigenvalue weighted by atomic mass is 35.5. The van der Waals surface area contributed by atoms with Gasteiger partial charge in [0, 0.05) is 23.1 Å². The van der Waals surface area contributed by atoms with E-state index < -0.39 is 28.5 Å². The Morgan fingerprint density at radius 1 is 1.12 bits per heavy atom. The molecule has 0 spiro atoms. The van der Waals surface area contributed by atoms with Crippen molar-refractivity contribution in [2.24, 2.45) is 0 Å². The monoisotopic (exact) mass is 529 g/mol. The maximum Gasteiger partial charge on any atom is 0.244 e. The first-order valence-corrected chi connectivity index (χ1v) is 13.3. The van der Waals surface area contributed by atoms with Crippen LogP contribution in [0.4, 0.5) is 5.69 Å². The highest BCUT2D eigenvalue weighted by Crippen LogP contribution is 2.30. The Morgan fingerprint density at radius 2 is 1.79 bits per heavy atom. The first-order valence-electron chi connectivity index (χ1n) is 10.6. The van der Waals surface area contributed by atoms with Crippen molar-refractivity contribution in [1.29, 1.82) is 0 Å². The van der Waals surface area contributed by atoms with Crippen molar-refractivity contribution in [2.45, 2.75) is 32.9 Å². The number of nitrogens with one attached hydrogen (secondary N) is 1. The van der Waals surface area contributed by atoms with Gasteiger partial charge in [-0.1, -0.05) is 48.3 Å². The second kappa shape index (κ2) is 12.3. The molecule has 2 aromatic carbocycles. The Kier molecular flexibility index (Phi) is 10.0. The zero-order valence-electron chi connectivity index (χ0n) is 19.5. The predicted molar refractivity (Wildman–Crippen MR) is 135 cm³/mol. The van der Waals surface area contributed by atoms with Crippen LogP contribution in [0.2, 0.25) is 10.0 Å². The third-order valence-electron chi connectivity index (χ3n) is 5.13. The van der Waals surface area contributed by atoms with E-state index in [1.54, 1.807) is 56.3 Å². The minimum atomic E-state index is -3.87. The van der Waals surface area contributed by atoms with E-state index in [1.807, 2.05) is 0 Å². The van der Waals surface area contributed by atoms with E-state index in [2.05, 4.69) is 5.32 Å². The fourth-order valence-corrected chi connectivity index (χ4v) is 4.80. The van der Waals surface area contributed by atoms with Gasteiger partial charge < -0.3 is 15.0 Å². The molecule has 0 saturated carbocycles. The highest BCUT2D eigenvalue weighted by Gasteiger charge is 2.32. The molecular weight excluding hydrogens is 501 g/mol. The summed E-state index contributed by atoms with van der Waals surface area (Å²) in [5.74, 6) is -0.615. The van der Waals surface area contributed by atoms with Crippen LogP contribution >= 0.6 is 23.2 Å². The van der Waals surface area contributed by atoms with Crippen molar-refractivity contribution in [2.75, 3.05) is 30.8 Å². The molecule has 2 amide bonds. The second-order valence-corrected chi connectivity index (χ2v) is 10.3. The van der Waals surface area contributed by atoms with E-state index in [9.17, 15) is 18.0 Å². The number of likely N-dealkylation sites (N-methyl/N-ethyl adjacent to an activating group) is 1. The van der Waals surface area contributed by atoms with E-state index >= 15 is 0 Å². The number of methoxy groups -OCH3 is 1. The van der Waals surface area contributed by atoms with Gasteiger partial charge in [-0.15, -0.1) is 0 Å². The Hall–Kier alpha value is -2.49. The van der Waals surface area contributed by atoms with Crippen molar-refractivity contribution in [3.8, 4) is 5.75 Å². The Bertz CT molecular complexity index is 1130. The number of para-hydroxylation sites is 2. The fraction of sp³-hybridized carbons (Fsp3) is 0.391. The molecule has 0 saturated heterocycles. The molecule has 0 aromatic heterocycles. The minimum Gasteiger partial charge on any atom is -0.495 e. The molecule has 34 heavy (non-hydrogen) atoms. The van der Waals surface area contributed by atoms with Crippen molar-refractivity contribution in [3.63, 3.8) is 0 Å². The average molecular weight is 530 g/mol. The van der Waals surface area contributed by atoms with Crippen LogP contribution in [-0.4, -0.2) is 57.6 Å². The summed E-state index contributed by atoms with van der Waals surface area (Å²) in [5, 5.41) is 3.50. The fourth-order valence-electron chi connectivity index (χ4n) is 3.48. The maximum atomic E-state index is 13.6. The molecule has 11 heteroatoms. The van der Waals surface area contributed by atoms with Gasteiger partial charge in [-0.2, -0.15) is 0 Å². The van der Waals surface area contributed by atoms with Gasteiger partial charge in [0.2, 0.25) is 21.8 Å². The quantitative estimate of drug-likeness (QED) is 0.478. The lowest BCUT2D eigenvalue weighted by molar-refractivity contribution is -0.140. The van der Waals surface area contributed by atoms with Crippen LogP contribution in [0.25, 0.3) is 0 Å². The van der Waals surface area contributed by atoms with Crippen molar-refractivity contribution in [1.82, 2.24) is 10.2 Å². The highest BCUT2D eigenvalue weighted by molar-refractivity contribution is 7.92. The van der Waals surface area contributed by atoms with Crippen LogP contribution in [0.3, 0.4) is 0 Å². The van der Waals surface area contributed by atoms with E-state index in [0.29, 0.717) is 34.3 Å². The lowest BCUT2D eigenvalue weighted by Gasteiger charge is -2.33. The van der Waals surface area contributed by atoms with Gasteiger partial charge >= 0.3 is 0 Å². The maximum absolute atomic E-state index is 13.6. The van der Waals surface area contributed by atoms with Crippen LogP contribution in [0, 0.1) is 0 Å². The van der Waals surface area contributed by atoms with Crippen LogP contribution in [0.5, 0.6) is 5.75 Å². The number of halogens is 2. The van der Waals surface area contributed by atoms with Gasteiger partial charge in [-0.3, -0.25) is 13.9 Å². The minimum absolute atomic E-state index is 0.00595.